The molecule has 5 heteroatoms. The van der Waals surface area contributed by atoms with E-state index in [0.717, 1.165) is 25.9 Å². The average Bonchev–Trinajstić information content (AvgIpc) is 2.79. The second-order valence-corrected chi connectivity index (χ2v) is 5.35. The molecule has 0 saturated carbocycles. The number of carbonyl (C=O) groups excluding carboxylic acids is 1. The lowest BCUT2D eigenvalue weighted by molar-refractivity contribution is -0.121. The van der Waals surface area contributed by atoms with E-state index < -0.39 is 5.60 Å². The third kappa shape index (κ3) is 2.77. The Labute approximate surface area is 107 Å². The molecular formula is C13H20N2O3. The van der Waals surface area contributed by atoms with Crippen molar-refractivity contribution in [3.63, 3.8) is 0 Å². The fraction of sp³-hybridized carbons (Fsp3) is 0.769. The Morgan fingerprint density at radius 2 is 2.22 bits per heavy atom. The van der Waals surface area contributed by atoms with Crippen LogP contribution in [0.4, 0.5) is 0 Å². The summed E-state index contributed by atoms with van der Waals surface area (Å²) < 4.78 is 10.9. The van der Waals surface area contributed by atoms with Crippen molar-refractivity contribution >= 4 is 5.78 Å². The minimum atomic E-state index is -0.457. The third-order valence-electron chi connectivity index (χ3n) is 3.38. The molecule has 2 heterocycles. The van der Waals surface area contributed by atoms with Crippen molar-refractivity contribution < 1.29 is 14.1 Å². The normalized spacial score (nSPS) is 24.4. The Bertz CT molecular complexity index is 420. The van der Waals surface area contributed by atoms with E-state index in [4.69, 9.17) is 9.26 Å². The summed E-state index contributed by atoms with van der Waals surface area (Å²) in [7, 11) is 0. The van der Waals surface area contributed by atoms with Gasteiger partial charge in [-0.3, -0.25) is 4.79 Å². The van der Waals surface area contributed by atoms with Crippen LogP contribution in [0.5, 0.6) is 0 Å². The number of rotatable bonds is 4. The van der Waals surface area contributed by atoms with Crippen molar-refractivity contribution in [2.75, 3.05) is 6.61 Å². The van der Waals surface area contributed by atoms with Crippen LogP contribution in [0, 0.1) is 5.92 Å². The first-order valence-electron chi connectivity index (χ1n) is 6.51. The molecule has 100 valence electrons. The van der Waals surface area contributed by atoms with Crippen LogP contribution < -0.4 is 0 Å². The third-order valence-corrected chi connectivity index (χ3v) is 3.38. The van der Waals surface area contributed by atoms with Crippen LogP contribution in [0.25, 0.3) is 0 Å². The number of hydrogen-bond donors (Lipinski definition) is 0. The van der Waals surface area contributed by atoms with Crippen molar-refractivity contribution in [1.82, 2.24) is 10.1 Å². The Morgan fingerprint density at radius 1 is 1.44 bits per heavy atom. The van der Waals surface area contributed by atoms with E-state index in [1.165, 1.54) is 0 Å². The van der Waals surface area contributed by atoms with E-state index in [9.17, 15) is 4.79 Å². The van der Waals surface area contributed by atoms with Gasteiger partial charge in [-0.1, -0.05) is 19.0 Å². The minimum absolute atomic E-state index is 0.0122. The molecule has 1 unspecified atom stereocenters. The molecule has 1 atom stereocenters. The highest BCUT2D eigenvalue weighted by molar-refractivity contribution is 5.81. The molecule has 0 radical (unpaired) electrons. The number of carbonyl (C=O) groups is 1. The van der Waals surface area contributed by atoms with Gasteiger partial charge in [-0.05, 0) is 26.2 Å². The molecule has 0 N–H and O–H groups in total. The lowest BCUT2D eigenvalue weighted by Crippen LogP contribution is -2.31. The highest BCUT2D eigenvalue weighted by Crippen LogP contribution is 2.32. The molecule has 2 rings (SSSR count). The SMILES string of the molecule is CC(C)C(=O)Cc1nc(C2(C)CCCCO2)no1. The molecule has 1 aliphatic rings. The number of hydrogen-bond acceptors (Lipinski definition) is 5. The van der Waals surface area contributed by atoms with Crippen LogP contribution in [-0.2, 0) is 21.6 Å². The van der Waals surface area contributed by atoms with Crippen molar-refractivity contribution in [2.24, 2.45) is 5.92 Å². The molecule has 5 nitrogen and oxygen atoms in total. The van der Waals surface area contributed by atoms with Crippen LogP contribution in [0.1, 0.15) is 51.7 Å². The zero-order valence-corrected chi connectivity index (χ0v) is 11.2. The van der Waals surface area contributed by atoms with Gasteiger partial charge in [0.15, 0.2) is 0 Å². The molecule has 1 fully saturated rings. The second-order valence-electron chi connectivity index (χ2n) is 5.35. The van der Waals surface area contributed by atoms with Gasteiger partial charge in [0, 0.05) is 12.5 Å². The molecule has 1 aliphatic heterocycles. The summed E-state index contributed by atoms with van der Waals surface area (Å²) in [6.07, 6.45) is 3.28. The quantitative estimate of drug-likeness (QED) is 0.822. The highest BCUT2D eigenvalue weighted by atomic mass is 16.5. The van der Waals surface area contributed by atoms with E-state index in [-0.39, 0.29) is 18.1 Å². The summed E-state index contributed by atoms with van der Waals surface area (Å²) in [6, 6.07) is 0. The van der Waals surface area contributed by atoms with E-state index in [0.29, 0.717) is 11.7 Å². The molecule has 18 heavy (non-hydrogen) atoms. The van der Waals surface area contributed by atoms with E-state index in [1.54, 1.807) is 0 Å². The maximum atomic E-state index is 11.6. The number of ether oxygens (including phenoxy) is 1. The van der Waals surface area contributed by atoms with E-state index in [2.05, 4.69) is 10.1 Å². The van der Waals surface area contributed by atoms with Crippen LogP contribution >= 0.6 is 0 Å². The molecule has 1 saturated heterocycles. The second kappa shape index (κ2) is 5.18. The lowest BCUT2D eigenvalue weighted by Gasteiger charge is -2.30. The van der Waals surface area contributed by atoms with Crippen LogP contribution in [0.3, 0.4) is 0 Å². The molecular weight excluding hydrogens is 232 g/mol. The van der Waals surface area contributed by atoms with Crippen molar-refractivity contribution in [3.8, 4) is 0 Å². The molecule has 0 amide bonds. The number of Topliss-reactive ketones (excluding diaryl/α,β-unsaturated/α-hetero) is 1. The Balaban J connectivity index is 2.07. The van der Waals surface area contributed by atoms with Crippen molar-refractivity contribution in [3.05, 3.63) is 11.7 Å². The average molecular weight is 252 g/mol. The Morgan fingerprint density at radius 3 is 2.83 bits per heavy atom. The molecule has 0 bridgehead atoms. The van der Waals surface area contributed by atoms with Crippen molar-refractivity contribution in [2.45, 2.75) is 52.1 Å². The van der Waals surface area contributed by atoms with E-state index in [1.807, 2.05) is 20.8 Å². The summed E-state index contributed by atoms with van der Waals surface area (Å²) in [6.45, 7) is 6.44. The van der Waals surface area contributed by atoms with Gasteiger partial charge in [0.05, 0.1) is 6.42 Å². The zero-order chi connectivity index (χ0) is 13.2. The van der Waals surface area contributed by atoms with Crippen molar-refractivity contribution in [1.29, 1.82) is 0 Å². The lowest BCUT2D eigenvalue weighted by atomic mass is 9.95. The number of aromatic nitrogens is 2. The predicted molar refractivity (Wildman–Crippen MR) is 65.0 cm³/mol. The largest absolute Gasteiger partial charge is 0.367 e. The first-order chi connectivity index (χ1) is 8.51. The smallest absolute Gasteiger partial charge is 0.234 e. The summed E-state index contributed by atoms with van der Waals surface area (Å²) in [4.78, 5) is 15.9. The highest BCUT2D eigenvalue weighted by Gasteiger charge is 2.35. The first kappa shape index (κ1) is 13.2. The monoisotopic (exact) mass is 252 g/mol. The molecule has 0 aliphatic carbocycles. The predicted octanol–water partition coefficient (Wildman–Crippen LogP) is 2.25. The van der Waals surface area contributed by atoms with Crippen LogP contribution in [-0.4, -0.2) is 22.5 Å². The fourth-order valence-corrected chi connectivity index (χ4v) is 2.00. The summed E-state index contributed by atoms with van der Waals surface area (Å²) in [5.74, 6) is 1.05. The van der Waals surface area contributed by atoms with Gasteiger partial charge in [-0.25, -0.2) is 0 Å². The molecule has 1 aromatic heterocycles. The standard InChI is InChI=1S/C13H20N2O3/c1-9(2)10(16)8-11-14-12(15-18-11)13(3)6-4-5-7-17-13/h9H,4-8H2,1-3H3. The number of nitrogens with zero attached hydrogens (tertiary/aromatic N) is 2. The summed E-state index contributed by atoms with van der Waals surface area (Å²) in [5.41, 5.74) is -0.457. The minimum Gasteiger partial charge on any atom is -0.367 e. The van der Waals surface area contributed by atoms with Gasteiger partial charge in [0.1, 0.15) is 11.4 Å². The Hall–Kier alpha value is -1.23. The topological polar surface area (TPSA) is 65.2 Å². The summed E-state index contributed by atoms with van der Waals surface area (Å²) >= 11 is 0. The summed E-state index contributed by atoms with van der Waals surface area (Å²) in [5, 5.41) is 3.96. The number of ketones is 1. The first-order valence-corrected chi connectivity index (χ1v) is 6.51. The Kier molecular flexibility index (Phi) is 3.80. The molecule has 1 aromatic rings. The maximum absolute atomic E-state index is 11.6. The van der Waals surface area contributed by atoms with E-state index >= 15 is 0 Å². The van der Waals surface area contributed by atoms with Gasteiger partial charge < -0.3 is 9.26 Å². The molecule has 0 spiro atoms. The zero-order valence-electron chi connectivity index (χ0n) is 11.2. The van der Waals surface area contributed by atoms with Crippen LogP contribution in [0.15, 0.2) is 4.52 Å². The fourth-order valence-electron chi connectivity index (χ4n) is 2.00. The van der Waals surface area contributed by atoms with Gasteiger partial charge in [-0.15, -0.1) is 0 Å². The molecule has 0 aromatic carbocycles. The maximum Gasteiger partial charge on any atom is 0.234 e. The van der Waals surface area contributed by atoms with Gasteiger partial charge >= 0.3 is 0 Å². The van der Waals surface area contributed by atoms with Gasteiger partial charge in [0.2, 0.25) is 11.7 Å². The van der Waals surface area contributed by atoms with Crippen LogP contribution in [0.2, 0.25) is 0 Å². The van der Waals surface area contributed by atoms with Gasteiger partial charge in [-0.2, -0.15) is 4.98 Å². The van der Waals surface area contributed by atoms with Gasteiger partial charge in [0.25, 0.3) is 0 Å².